The van der Waals surface area contributed by atoms with Crippen molar-refractivity contribution in [2.45, 2.75) is 33.7 Å². The molecule has 0 aliphatic rings. The van der Waals surface area contributed by atoms with Crippen LogP contribution in [0.2, 0.25) is 0 Å². The fourth-order valence-electron chi connectivity index (χ4n) is 1.99. The normalized spacial score (nSPS) is 11.1. The summed E-state index contributed by atoms with van der Waals surface area (Å²) in [4.78, 5) is 10.4. The summed E-state index contributed by atoms with van der Waals surface area (Å²) in [6, 6.07) is 2.11. The highest BCUT2D eigenvalue weighted by Gasteiger charge is 2.05. The number of nitrogens with one attached hydrogen (secondary N) is 2. The van der Waals surface area contributed by atoms with Gasteiger partial charge >= 0.3 is 0 Å². The van der Waals surface area contributed by atoms with Crippen LogP contribution in [0.25, 0.3) is 0 Å². The summed E-state index contributed by atoms with van der Waals surface area (Å²) in [5, 5.41) is 12.0. The first-order valence-corrected chi connectivity index (χ1v) is 8.91. The Balaban J connectivity index is 0.00000242. The highest BCUT2D eigenvalue weighted by molar-refractivity contribution is 14.0. The predicted molar refractivity (Wildman–Crippen MR) is 108 cm³/mol. The molecule has 0 atom stereocenters. The summed E-state index contributed by atoms with van der Waals surface area (Å²) < 4.78 is 0. The van der Waals surface area contributed by atoms with Gasteiger partial charge in [0.25, 0.3) is 0 Å². The average Bonchev–Trinajstić information content (AvgIpc) is 3.06. The molecule has 0 saturated carbocycles. The van der Waals surface area contributed by atoms with E-state index in [1.807, 2.05) is 0 Å². The molecule has 2 heterocycles. The number of hydrogen-bond acceptors (Lipinski definition) is 4. The van der Waals surface area contributed by atoms with Crippen molar-refractivity contribution in [1.29, 1.82) is 0 Å². The molecule has 2 aromatic rings. The number of aryl methyl sites for hydroxylation is 2. The number of guanidine groups is 1. The lowest BCUT2D eigenvalue weighted by molar-refractivity contribution is 0.802. The molecule has 22 heavy (non-hydrogen) atoms. The Morgan fingerprint density at radius 3 is 2.73 bits per heavy atom. The van der Waals surface area contributed by atoms with Crippen LogP contribution in [0.3, 0.4) is 0 Å². The van der Waals surface area contributed by atoms with Crippen LogP contribution in [0.1, 0.15) is 28.1 Å². The molecule has 4 nitrogen and oxygen atoms in total. The van der Waals surface area contributed by atoms with Crippen LogP contribution in [0.4, 0.5) is 0 Å². The van der Waals surface area contributed by atoms with E-state index in [0.29, 0.717) is 0 Å². The molecular formula is C15H23IN4S2. The Bertz CT molecular complexity index is 578. The summed E-state index contributed by atoms with van der Waals surface area (Å²) >= 11 is 3.49. The van der Waals surface area contributed by atoms with E-state index in [-0.39, 0.29) is 24.0 Å². The maximum absolute atomic E-state index is 4.60. The van der Waals surface area contributed by atoms with Crippen molar-refractivity contribution in [2.75, 3.05) is 13.1 Å². The molecule has 122 valence electrons. The molecule has 0 saturated heterocycles. The summed E-state index contributed by atoms with van der Waals surface area (Å²) in [6.45, 7) is 8.68. The first kappa shape index (κ1) is 19.4. The average molecular weight is 450 g/mol. The van der Waals surface area contributed by atoms with Crippen molar-refractivity contribution < 1.29 is 0 Å². The van der Waals surface area contributed by atoms with Gasteiger partial charge in [0.1, 0.15) is 0 Å². The van der Waals surface area contributed by atoms with E-state index >= 15 is 0 Å². The summed E-state index contributed by atoms with van der Waals surface area (Å²) in [7, 11) is 0. The molecule has 0 aliphatic heterocycles. The lowest BCUT2D eigenvalue weighted by Gasteiger charge is -2.10. The molecule has 2 rings (SSSR count). The molecule has 0 amide bonds. The fraction of sp³-hybridized carbons (Fsp3) is 0.467. The van der Waals surface area contributed by atoms with E-state index in [0.717, 1.165) is 42.7 Å². The number of halogens is 1. The van der Waals surface area contributed by atoms with Crippen molar-refractivity contribution in [3.63, 3.8) is 0 Å². The van der Waals surface area contributed by atoms with Crippen molar-refractivity contribution in [2.24, 2.45) is 4.99 Å². The standard InChI is InChI=1S/C15H22N4S2.HI/c1-4-16-15(18-9-13-6-8-20-10-13)17-7-5-14-11(2)19-12(3)21-14;/h6,8,10H,4-5,7,9H2,1-3H3,(H2,16,17,18);1H. The molecule has 7 heteroatoms. The highest BCUT2D eigenvalue weighted by atomic mass is 127. The Labute approximate surface area is 157 Å². The first-order valence-electron chi connectivity index (χ1n) is 7.15. The maximum Gasteiger partial charge on any atom is 0.191 e. The Morgan fingerprint density at radius 1 is 1.32 bits per heavy atom. The van der Waals surface area contributed by atoms with Gasteiger partial charge in [0, 0.05) is 24.4 Å². The molecule has 2 N–H and O–H groups in total. The van der Waals surface area contributed by atoms with Crippen molar-refractivity contribution in [3.8, 4) is 0 Å². The number of aliphatic imine (C=N–C) groups is 1. The first-order chi connectivity index (χ1) is 10.2. The third kappa shape index (κ3) is 6.21. The Hall–Kier alpha value is -0.670. The van der Waals surface area contributed by atoms with Crippen molar-refractivity contribution in [3.05, 3.63) is 38.0 Å². The van der Waals surface area contributed by atoms with E-state index < -0.39 is 0 Å². The second-order valence-electron chi connectivity index (χ2n) is 4.75. The molecule has 0 radical (unpaired) electrons. The molecular weight excluding hydrogens is 427 g/mol. The smallest absolute Gasteiger partial charge is 0.191 e. The van der Waals surface area contributed by atoms with Gasteiger partial charge in [-0.15, -0.1) is 35.3 Å². The molecule has 0 unspecified atom stereocenters. The fourth-order valence-corrected chi connectivity index (χ4v) is 3.59. The van der Waals surface area contributed by atoms with Gasteiger partial charge in [-0.1, -0.05) is 0 Å². The number of aromatic nitrogens is 1. The summed E-state index contributed by atoms with van der Waals surface area (Å²) in [5.74, 6) is 0.877. The molecule has 0 aromatic carbocycles. The second-order valence-corrected chi connectivity index (χ2v) is 6.81. The minimum atomic E-state index is 0. The number of hydrogen-bond donors (Lipinski definition) is 2. The lowest BCUT2D eigenvalue weighted by Crippen LogP contribution is -2.38. The minimum absolute atomic E-state index is 0. The zero-order valence-corrected chi connectivity index (χ0v) is 17.1. The van der Waals surface area contributed by atoms with Gasteiger partial charge in [-0.05, 0) is 43.2 Å². The van der Waals surface area contributed by atoms with E-state index in [9.17, 15) is 0 Å². The number of thiazole rings is 1. The van der Waals surface area contributed by atoms with Gasteiger partial charge in [0.05, 0.1) is 17.2 Å². The zero-order chi connectivity index (χ0) is 15.1. The predicted octanol–water partition coefficient (Wildman–Crippen LogP) is 3.74. The van der Waals surface area contributed by atoms with Gasteiger partial charge in [-0.25, -0.2) is 9.98 Å². The molecule has 0 aliphatic carbocycles. The lowest BCUT2D eigenvalue weighted by atomic mass is 10.3. The van der Waals surface area contributed by atoms with Crippen LogP contribution in [-0.2, 0) is 13.0 Å². The largest absolute Gasteiger partial charge is 0.357 e. The summed E-state index contributed by atoms with van der Waals surface area (Å²) in [6.07, 6.45) is 0.986. The third-order valence-corrected chi connectivity index (χ3v) is 4.85. The Kier molecular flexibility index (Phi) is 8.96. The monoisotopic (exact) mass is 450 g/mol. The van der Waals surface area contributed by atoms with Crippen LogP contribution in [0.15, 0.2) is 21.8 Å². The maximum atomic E-state index is 4.60. The van der Waals surface area contributed by atoms with Crippen LogP contribution >= 0.6 is 46.7 Å². The van der Waals surface area contributed by atoms with Crippen molar-refractivity contribution >= 4 is 52.6 Å². The van der Waals surface area contributed by atoms with Gasteiger partial charge in [0.2, 0.25) is 0 Å². The molecule has 0 spiro atoms. The topological polar surface area (TPSA) is 49.3 Å². The molecule has 0 fully saturated rings. The van der Waals surface area contributed by atoms with Crippen LogP contribution in [-0.4, -0.2) is 24.0 Å². The third-order valence-electron chi connectivity index (χ3n) is 2.99. The van der Waals surface area contributed by atoms with E-state index in [2.05, 4.69) is 58.2 Å². The SMILES string of the molecule is CCNC(=NCc1ccsc1)NCCc1sc(C)nc1C.I. The van der Waals surface area contributed by atoms with E-state index in [1.54, 1.807) is 22.7 Å². The molecule has 2 aromatic heterocycles. The van der Waals surface area contributed by atoms with Crippen LogP contribution < -0.4 is 10.6 Å². The quantitative estimate of drug-likeness (QED) is 0.401. The second kappa shape index (κ2) is 10.2. The van der Waals surface area contributed by atoms with Crippen molar-refractivity contribution in [1.82, 2.24) is 15.6 Å². The number of thiophene rings is 1. The number of nitrogens with zero attached hydrogens (tertiary/aromatic N) is 2. The van der Waals surface area contributed by atoms with Gasteiger partial charge < -0.3 is 10.6 Å². The highest BCUT2D eigenvalue weighted by Crippen LogP contribution is 2.17. The van der Waals surface area contributed by atoms with Gasteiger partial charge in [-0.3, -0.25) is 0 Å². The van der Waals surface area contributed by atoms with Crippen LogP contribution in [0, 0.1) is 13.8 Å². The summed E-state index contributed by atoms with van der Waals surface area (Å²) in [5.41, 5.74) is 2.41. The van der Waals surface area contributed by atoms with Gasteiger partial charge in [0.15, 0.2) is 5.96 Å². The Morgan fingerprint density at radius 2 is 2.14 bits per heavy atom. The zero-order valence-electron chi connectivity index (χ0n) is 13.2. The number of rotatable bonds is 6. The van der Waals surface area contributed by atoms with E-state index in [4.69, 9.17) is 0 Å². The minimum Gasteiger partial charge on any atom is -0.357 e. The van der Waals surface area contributed by atoms with Crippen LogP contribution in [0.5, 0.6) is 0 Å². The molecule has 0 bridgehead atoms. The van der Waals surface area contributed by atoms with Gasteiger partial charge in [-0.2, -0.15) is 11.3 Å². The van der Waals surface area contributed by atoms with E-state index in [1.165, 1.54) is 10.4 Å².